The monoisotopic (exact) mass is 931 g/mol. The van der Waals surface area contributed by atoms with Gasteiger partial charge in [-0.3, -0.25) is 19.8 Å². The second kappa shape index (κ2) is 18.2. The van der Waals surface area contributed by atoms with Crippen molar-refractivity contribution in [3.05, 3.63) is 111 Å². The van der Waals surface area contributed by atoms with Crippen molar-refractivity contribution in [3.8, 4) is 23.8 Å². The number of benzene rings is 3. The van der Waals surface area contributed by atoms with Gasteiger partial charge < -0.3 is 25.0 Å². The number of nitro groups is 1. The number of pyridine rings is 1. The number of sulfonamides is 1. The number of anilines is 2. The summed E-state index contributed by atoms with van der Waals surface area (Å²) in [5.41, 5.74) is 2.90. The maximum atomic E-state index is 14.8. The molecule has 4 N–H and O–H groups in total. The number of likely N-dealkylation sites (tertiary alicyclic amines) is 1. The van der Waals surface area contributed by atoms with Crippen LogP contribution >= 0.6 is 0 Å². The minimum Gasteiger partial charge on any atom is -0.453 e. The largest absolute Gasteiger partial charge is 0.453 e. The van der Waals surface area contributed by atoms with E-state index in [1.165, 1.54) is 54.7 Å². The first kappa shape index (κ1) is 46.1. The Bertz CT molecular complexity index is 2850. The molecule has 2 aliphatic heterocycles. The molecule has 352 valence electrons. The molecule has 1 spiro atoms. The zero-order valence-corrected chi connectivity index (χ0v) is 39.0. The fourth-order valence-electron chi connectivity index (χ4n) is 11.0. The number of nitrogens with zero attached hydrogens (tertiary/aromatic N) is 4. The molecule has 5 aromatic rings. The molecule has 2 saturated heterocycles. The summed E-state index contributed by atoms with van der Waals surface area (Å²) in [5, 5.41) is 25.7. The van der Waals surface area contributed by atoms with E-state index in [1.807, 2.05) is 0 Å². The Balaban J connectivity index is 0.929. The smallest absolute Gasteiger partial charge is 0.293 e. The standard InChI is InChI=1S/C51H58FN7O7S/c1-5-42-47(27-40-41(52)29-54-48(40)55-42)66-46-25-34(57-23-21-51(22-24-57)30-58(31-51)44-12-8-11-38(44)37-10-7-6-9-36(37)32(2)3)13-15-39(46)49(60)56-67(64,65)35-14-16-43(45(26-35)59(62)63)53-28-33-17-19-50(4,61)20-18-33/h1,6-7,9-10,13-16,25-27,29,32-33,38,44,53,61H,8,11-12,17-24,28,30-31H2,2-4H3,(H,54,55)(H,56,60)/t33?,38-,44?,50?/m0/s1. The fraction of sp³-hybridized carbons (Fsp3) is 0.451. The van der Waals surface area contributed by atoms with Crippen molar-refractivity contribution < 1.29 is 32.4 Å². The van der Waals surface area contributed by atoms with Gasteiger partial charge in [0.1, 0.15) is 22.9 Å². The third-order valence-electron chi connectivity index (χ3n) is 14.8. The average Bonchev–Trinajstić information content (AvgIpc) is 3.93. The Morgan fingerprint density at radius 3 is 2.51 bits per heavy atom. The molecule has 0 radical (unpaired) electrons. The number of piperidine rings is 1. The summed E-state index contributed by atoms with van der Waals surface area (Å²) >= 11 is 0. The zero-order valence-electron chi connectivity index (χ0n) is 38.2. The molecule has 1 unspecified atom stereocenters. The van der Waals surface area contributed by atoms with Gasteiger partial charge in [0.2, 0.25) is 0 Å². The molecular weight excluding hydrogens is 874 g/mol. The molecular formula is C51H58FN7O7S. The van der Waals surface area contributed by atoms with Crippen LogP contribution in [-0.2, 0) is 10.0 Å². The number of amides is 1. The molecule has 3 aromatic carbocycles. The van der Waals surface area contributed by atoms with Crippen LogP contribution in [-0.4, -0.2) is 83.6 Å². The van der Waals surface area contributed by atoms with Crippen molar-refractivity contribution >= 4 is 44.0 Å². The molecule has 0 bridgehead atoms. The van der Waals surface area contributed by atoms with E-state index in [1.54, 1.807) is 19.1 Å². The Morgan fingerprint density at radius 2 is 1.79 bits per heavy atom. The normalized spacial score (nSPS) is 22.9. The zero-order chi connectivity index (χ0) is 47.3. The number of aliphatic hydroxyl groups is 1. The Hall–Kier alpha value is -6.02. The van der Waals surface area contributed by atoms with E-state index in [-0.39, 0.29) is 50.8 Å². The lowest BCUT2D eigenvalue weighted by atomic mass is 9.70. The Kier molecular flexibility index (Phi) is 12.5. The highest BCUT2D eigenvalue weighted by Gasteiger charge is 2.49. The lowest BCUT2D eigenvalue weighted by molar-refractivity contribution is -0.384. The van der Waals surface area contributed by atoms with Gasteiger partial charge in [-0.15, -0.1) is 6.42 Å². The van der Waals surface area contributed by atoms with E-state index < -0.39 is 42.9 Å². The first-order valence-corrected chi connectivity index (χ1v) is 24.9. The second-order valence-corrected chi connectivity index (χ2v) is 21.4. The van der Waals surface area contributed by atoms with Gasteiger partial charge in [-0.05, 0) is 129 Å². The van der Waals surface area contributed by atoms with E-state index >= 15 is 0 Å². The number of nitrogens with one attached hydrogen (secondary N) is 3. The molecule has 9 rings (SSSR count). The lowest BCUT2D eigenvalue weighted by Gasteiger charge is -2.57. The first-order chi connectivity index (χ1) is 32.0. The van der Waals surface area contributed by atoms with E-state index in [4.69, 9.17) is 11.2 Å². The molecule has 16 heteroatoms. The number of fused-ring (bicyclic) bond motifs is 1. The third-order valence-corrected chi connectivity index (χ3v) is 16.2. The van der Waals surface area contributed by atoms with Gasteiger partial charge in [-0.1, -0.05) is 44.5 Å². The third kappa shape index (κ3) is 9.46. The minimum absolute atomic E-state index is 0.0201. The summed E-state index contributed by atoms with van der Waals surface area (Å²) in [5.74, 6) is 1.94. The number of halogens is 1. The molecule has 2 aromatic heterocycles. The van der Waals surface area contributed by atoms with Gasteiger partial charge in [0.15, 0.2) is 11.4 Å². The number of ether oxygens (including phenoxy) is 1. The lowest BCUT2D eigenvalue weighted by Crippen LogP contribution is -2.63. The summed E-state index contributed by atoms with van der Waals surface area (Å²) in [6, 6.07) is 19.1. The Labute approximate surface area is 390 Å². The van der Waals surface area contributed by atoms with Crippen LogP contribution in [0.4, 0.5) is 21.5 Å². The van der Waals surface area contributed by atoms with Crippen LogP contribution in [0.3, 0.4) is 0 Å². The molecule has 14 nitrogen and oxygen atoms in total. The van der Waals surface area contributed by atoms with E-state index in [0.717, 1.165) is 69.8 Å². The maximum absolute atomic E-state index is 14.8. The fourth-order valence-corrected chi connectivity index (χ4v) is 12.0. The van der Waals surface area contributed by atoms with E-state index in [2.05, 4.69) is 73.8 Å². The number of nitro benzene ring substituents is 1. The molecule has 2 saturated carbocycles. The van der Waals surface area contributed by atoms with Gasteiger partial charge in [0.25, 0.3) is 21.6 Å². The molecule has 2 atom stereocenters. The number of carbonyl (C=O) groups excluding carboxylic acids is 1. The molecule has 67 heavy (non-hydrogen) atoms. The van der Waals surface area contributed by atoms with Crippen molar-refractivity contribution in [2.75, 3.05) is 42.9 Å². The molecule has 4 heterocycles. The minimum atomic E-state index is -4.66. The Morgan fingerprint density at radius 1 is 1.04 bits per heavy atom. The number of H-pyrrole nitrogens is 1. The summed E-state index contributed by atoms with van der Waals surface area (Å²) < 4.78 is 50.8. The van der Waals surface area contributed by atoms with Crippen LogP contribution in [0.2, 0.25) is 0 Å². The SMILES string of the molecule is C#Cc1nc2[nH]cc(F)c2cc1Oc1cc(N2CCC3(CC2)CN(C2CCC[C@H]2c2ccccc2C(C)C)C3)ccc1C(=O)NS(=O)(=O)c1ccc(NCC2CCC(C)(O)CC2)c([N+](=O)[O-])c1. The number of hydrogen-bond donors (Lipinski definition) is 4. The van der Waals surface area contributed by atoms with Crippen molar-refractivity contribution in [3.63, 3.8) is 0 Å². The highest BCUT2D eigenvalue weighted by Crippen LogP contribution is 2.49. The van der Waals surface area contributed by atoms with Gasteiger partial charge in [-0.2, -0.15) is 0 Å². The number of hydrogen-bond acceptors (Lipinski definition) is 11. The molecule has 4 fully saturated rings. The van der Waals surface area contributed by atoms with Crippen molar-refractivity contribution in [1.29, 1.82) is 0 Å². The quantitative estimate of drug-likeness (QED) is 0.0502. The summed E-state index contributed by atoms with van der Waals surface area (Å²) in [4.78, 5) is 37.1. The van der Waals surface area contributed by atoms with Crippen molar-refractivity contribution in [1.82, 2.24) is 19.6 Å². The van der Waals surface area contributed by atoms with Crippen LogP contribution in [0.25, 0.3) is 11.0 Å². The second-order valence-electron chi connectivity index (χ2n) is 19.8. The van der Waals surface area contributed by atoms with Crippen LogP contribution in [0.1, 0.15) is 118 Å². The van der Waals surface area contributed by atoms with E-state index in [0.29, 0.717) is 37.3 Å². The predicted octanol–water partition coefficient (Wildman–Crippen LogP) is 9.22. The number of carbonyl (C=O) groups is 1. The van der Waals surface area contributed by atoms with Gasteiger partial charge in [0.05, 0.1) is 26.4 Å². The predicted molar refractivity (Wildman–Crippen MR) is 256 cm³/mol. The first-order valence-electron chi connectivity index (χ1n) is 23.4. The maximum Gasteiger partial charge on any atom is 0.293 e. The number of aromatic nitrogens is 2. The van der Waals surface area contributed by atoms with Crippen LogP contribution in [0.15, 0.2) is 77.8 Å². The van der Waals surface area contributed by atoms with Gasteiger partial charge >= 0.3 is 0 Å². The van der Waals surface area contributed by atoms with Gasteiger partial charge in [0, 0.05) is 62.8 Å². The molecule has 1 amide bonds. The van der Waals surface area contributed by atoms with Crippen LogP contribution in [0, 0.1) is 39.6 Å². The van der Waals surface area contributed by atoms with E-state index in [9.17, 15) is 32.8 Å². The van der Waals surface area contributed by atoms with Crippen LogP contribution < -0.4 is 19.7 Å². The number of rotatable bonds is 13. The highest BCUT2D eigenvalue weighted by molar-refractivity contribution is 7.90. The summed E-state index contributed by atoms with van der Waals surface area (Å²) in [6.45, 7) is 10.4. The summed E-state index contributed by atoms with van der Waals surface area (Å²) in [7, 11) is -4.66. The topological polar surface area (TPSA) is 183 Å². The van der Waals surface area contributed by atoms with Crippen LogP contribution in [0.5, 0.6) is 11.5 Å². The number of terminal acetylenes is 1. The highest BCUT2D eigenvalue weighted by atomic mass is 32.2. The molecule has 2 aliphatic carbocycles. The summed E-state index contributed by atoms with van der Waals surface area (Å²) in [6.07, 6.45) is 15.3. The average molecular weight is 932 g/mol. The van der Waals surface area contributed by atoms with Crippen molar-refractivity contribution in [2.45, 2.75) is 107 Å². The molecule has 4 aliphatic rings. The van der Waals surface area contributed by atoms with Crippen molar-refractivity contribution in [2.24, 2.45) is 11.3 Å². The number of aromatic amines is 1. The van der Waals surface area contributed by atoms with Gasteiger partial charge in [-0.25, -0.2) is 22.5 Å².